The van der Waals surface area contributed by atoms with Gasteiger partial charge >= 0.3 is 0 Å². The van der Waals surface area contributed by atoms with Gasteiger partial charge in [-0.1, -0.05) is 65.3 Å². The number of nitrogens with zero attached hydrogens (tertiary/aromatic N) is 2. The van der Waals surface area contributed by atoms with Gasteiger partial charge in [-0.25, -0.2) is 0 Å². The van der Waals surface area contributed by atoms with E-state index in [4.69, 9.17) is 9.68 Å². The molecule has 2 aromatic carbocycles. The van der Waals surface area contributed by atoms with Crippen LogP contribution in [0.1, 0.15) is 30.5 Å². The summed E-state index contributed by atoms with van der Waals surface area (Å²) in [6.07, 6.45) is 0. The smallest absolute Gasteiger partial charge is 0.298 e. The molecule has 0 N–H and O–H groups in total. The highest BCUT2D eigenvalue weighted by atomic mass is 16.7. The van der Waals surface area contributed by atoms with Crippen LogP contribution in [-0.2, 0) is 21.1 Å². The van der Waals surface area contributed by atoms with Crippen LogP contribution in [-0.4, -0.2) is 22.4 Å². The van der Waals surface area contributed by atoms with E-state index in [0.29, 0.717) is 5.84 Å². The van der Waals surface area contributed by atoms with Gasteiger partial charge in [0.2, 0.25) is 11.4 Å². The van der Waals surface area contributed by atoms with Gasteiger partial charge in [0.15, 0.2) is 0 Å². The van der Waals surface area contributed by atoms with E-state index in [0.717, 1.165) is 16.7 Å². The van der Waals surface area contributed by atoms with Gasteiger partial charge in [-0.05, 0) is 26.3 Å². The summed E-state index contributed by atoms with van der Waals surface area (Å²) in [5.41, 5.74) is 1.79. The van der Waals surface area contributed by atoms with Crippen molar-refractivity contribution in [1.82, 2.24) is 5.06 Å². The Balaban J connectivity index is 1.88. The summed E-state index contributed by atoms with van der Waals surface area (Å²) in [5, 5.41) is 5.36. The predicted molar refractivity (Wildman–Crippen MR) is 91.0 cm³/mol. The highest BCUT2D eigenvalue weighted by molar-refractivity contribution is 6.09. The molecule has 0 saturated carbocycles. The number of benzene rings is 2. The largest absolute Gasteiger partial charge is 0.378 e. The quantitative estimate of drug-likeness (QED) is 0.866. The average molecular weight is 324 g/mol. The maximum atomic E-state index is 12.7. The van der Waals surface area contributed by atoms with Crippen molar-refractivity contribution in [3.63, 3.8) is 0 Å². The molecule has 124 valence electrons. The summed E-state index contributed by atoms with van der Waals surface area (Å²) >= 11 is 0. The first-order valence-corrected chi connectivity index (χ1v) is 7.82. The molecule has 0 unspecified atom stereocenters. The summed E-state index contributed by atoms with van der Waals surface area (Å²) in [5.74, 6) is 0.0688. The van der Waals surface area contributed by atoms with Crippen molar-refractivity contribution in [3.8, 4) is 0 Å². The molecule has 0 radical (unpaired) electrons. The number of carbonyl (C=O) groups is 1. The average Bonchev–Trinajstić information content (AvgIpc) is 2.58. The van der Waals surface area contributed by atoms with Crippen molar-refractivity contribution < 1.29 is 14.5 Å². The molecule has 2 aromatic rings. The van der Waals surface area contributed by atoms with Crippen LogP contribution in [0.5, 0.6) is 0 Å². The third kappa shape index (κ3) is 3.31. The molecule has 5 nitrogen and oxygen atoms in total. The molecular formula is C19H20N2O3. The predicted octanol–water partition coefficient (Wildman–Crippen LogP) is 3.43. The number of aryl methyl sites for hydroxylation is 1. The van der Waals surface area contributed by atoms with Gasteiger partial charge in [-0.2, -0.15) is 5.06 Å². The first-order chi connectivity index (χ1) is 11.5. The van der Waals surface area contributed by atoms with Gasteiger partial charge in [-0.3, -0.25) is 9.63 Å². The van der Waals surface area contributed by atoms with Crippen LogP contribution in [0.2, 0.25) is 0 Å². The van der Waals surface area contributed by atoms with E-state index >= 15 is 0 Å². The maximum absolute atomic E-state index is 12.7. The first-order valence-electron chi connectivity index (χ1n) is 7.82. The molecule has 0 saturated heterocycles. The molecule has 1 amide bonds. The minimum atomic E-state index is -1.06. The number of rotatable bonds is 4. The lowest BCUT2D eigenvalue weighted by Gasteiger charge is -2.34. The third-order valence-electron chi connectivity index (χ3n) is 3.77. The number of hydroxylamine groups is 2. The zero-order chi connectivity index (χ0) is 17.2. The van der Waals surface area contributed by atoms with Crippen molar-refractivity contribution in [2.45, 2.75) is 33.0 Å². The molecule has 0 atom stereocenters. The second kappa shape index (κ2) is 6.45. The molecule has 1 aliphatic heterocycles. The molecule has 3 rings (SSSR count). The Morgan fingerprint density at radius 2 is 1.75 bits per heavy atom. The third-order valence-corrected chi connectivity index (χ3v) is 3.77. The van der Waals surface area contributed by atoms with Gasteiger partial charge < -0.3 is 4.84 Å². The van der Waals surface area contributed by atoms with Gasteiger partial charge in [0.05, 0.1) is 0 Å². The Kier molecular flexibility index (Phi) is 4.36. The van der Waals surface area contributed by atoms with E-state index in [1.165, 1.54) is 5.06 Å². The number of amidine groups is 1. The van der Waals surface area contributed by atoms with E-state index in [2.05, 4.69) is 5.16 Å². The van der Waals surface area contributed by atoms with Crippen molar-refractivity contribution in [2.24, 2.45) is 5.16 Å². The minimum Gasteiger partial charge on any atom is -0.378 e. The van der Waals surface area contributed by atoms with E-state index < -0.39 is 5.60 Å². The lowest BCUT2D eigenvalue weighted by molar-refractivity contribution is -0.196. The second-order valence-electron chi connectivity index (χ2n) is 6.24. The number of amides is 1. The highest BCUT2D eigenvalue weighted by Gasteiger charge is 2.42. The van der Waals surface area contributed by atoms with Crippen LogP contribution in [0.3, 0.4) is 0 Å². The van der Waals surface area contributed by atoms with E-state index in [1.54, 1.807) is 13.8 Å². The summed E-state index contributed by atoms with van der Waals surface area (Å²) in [4.78, 5) is 23.9. The fraction of sp³-hybridized carbons (Fsp3) is 0.263. The number of oxime groups is 1. The fourth-order valence-corrected chi connectivity index (χ4v) is 2.28. The van der Waals surface area contributed by atoms with Crippen LogP contribution in [0.4, 0.5) is 0 Å². The standard InChI is InChI=1S/C19H20N2O3/c1-14-9-11-16(12-10-14)17-20-24-19(2,3)18(22)21(17)23-13-15-7-5-4-6-8-15/h4-12H,13H2,1-3H3. The monoisotopic (exact) mass is 324 g/mol. The molecule has 0 bridgehead atoms. The van der Waals surface area contributed by atoms with E-state index in [1.807, 2.05) is 61.5 Å². The second-order valence-corrected chi connectivity index (χ2v) is 6.24. The van der Waals surface area contributed by atoms with E-state index in [-0.39, 0.29) is 12.5 Å². The molecule has 0 fully saturated rings. The SMILES string of the molecule is Cc1ccc(C2=NOC(C)(C)C(=O)N2OCc2ccccc2)cc1. The first kappa shape index (κ1) is 16.2. The molecule has 24 heavy (non-hydrogen) atoms. The van der Waals surface area contributed by atoms with Crippen LogP contribution >= 0.6 is 0 Å². The lowest BCUT2D eigenvalue weighted by Crippen LogP contribution is -2.52. The van der Waals surface area contributed by atoms with Crippen LogP contribution in [0, 0.1) is 6.92 Å². The summed E-state index contributed by atoms with van der Waals surface area (Å²) in [7, 11) is 0. The molecule has 0 aromatic heterocycles. The Bertz CT molecular complexity index is 752. The molecule has 1 aliphatic rings. The lowest BCUT2D eigenvalue weighted by atomic mass is 10.1. The zero-order valence-corrected chi connectivity index (χ0v) is 14.0. The minimum absolute atomic E-state index is 0.271. The van der Waals surface area contributed by atoms with Crippen molar-refractivity contribution in [2.75, 3.05) is 0 Å². The fourth-order valence-electron chi connectivity index (χ4n) is 2.28. The zero-order valence-electron chi connectivity index (χ0n) is 14.0. The van der Waals surface area contributed by atoms with Crippen LogP contribution in [0.25, 0.3) is 0 Å². The van der Waals surface area contributed by atoms with Crippen molar-refractivity contribution in [3.05, 3.63) is 71.3 Å². The molecular weight excluding hydrogens is 304 g/mol. The molecule has 0 aliphatic carbocycles. The summed E-state index contributed by atoms with van der Waals surface area (Å²) in [6, 6.07) is 17.4. The normalized spacial score (nSPS) is 16.5. The number of hydrogen-bond acceptors (Lipinski definition) is 4. The van der Waals surface area contributed by atoms with Gasteiger partial charge in [0.1, 0.15) is 6.61 Å². The van der Waals surface area contributed by atoms with Gasteiger partial charge in [0, 0.05) is 5.56 Å². The van der Waals surface area contributed by atoms with E-state index in [9.17, 15) is 4.79 Å². The maximum Gasteiger partial charge on any atom is 0.298 e. The highest BCUT2D eigenvalue weighted by Crippen LogP contribution is 2.24. The molecule has 1 heterocycles. The number of carbonyl (C=O) groups excluding carboxylic acids is 1. The van der Waals surface area contributed by atoms with Crippen LogP contribution in [0.15, 0.2) is 59.8 Å². The Morgan fingerprint density at radius 1 is 1.08 bits per heavy atom. The number of hydrogen-bond donors (Lipinski definition) is 0. The molecule has 0 spiro atoms. The van der Waals surface area contributed by atoms with Gasteiger partial charge in [-0.15, -0.1) is 0 Å². The topological polar surface area (TPSA) is 51.1 Å². The Morgan fingerprint density at radius 3 is 2.42 bits per heavy atom. The van der Waals surface area contributed by atoms with Crippen molar-refractivity contribution >= 4 is 11.7 Å². The summed E-state index contributed by atoms with van der Waals surface area (Å²) in [6.45, 7) is 5.61. The van der Waals surface area contributed by atoms with Crippen molar-refractivity contribution in [1.29, 1.82) is 0 Å². The Hall–Kier alpha value is -2.66. The Labute approximate surface area is 141 Å². The molecule has 5 heteroatoms. The van der Waals surface area contributed by atoms with Crippen LogP contribution < -0.4 is 0 Å². The van der Waals surface area contributed by atoms with Gasteiger partial charge in [0.25, 0.3) is 5.91 Å². The summed E-state index contributed by atoms with van der Waals surface area (Å²) < 4.78 is 0.